The van der Waals surface area contributed by atoms with Gasteiger partial charge in [0.2, 0.25) is 0 Å². The van der Waals surface area contributed by atoms with Gasteiger partial charge in [-0.1, -0.05) is 11.6 Å². The molecule has 0 heterocycles. The maximum atomic E-state index is 10.8. The van der Waals surface area contributed by atoms with E-state index >= 15 is 0 Å². The molecule has 2 aromatic rings. The summed E-state index contributed by atoms with van der Waals surface area (Å²) < 4.78 is 10.8. The van der Waals surface area contributed by atoms with Crippen LogP contribution in [0.25, 0.3) is 0 Å². The van der Waals surface area contributed by atoms with Crippen molar-refractivity contribution in [2.24, 2.45) is 0 Å². The number of carboxylic acids is 1. The summed E-state index contributed by atoms with van der Waals surface area (Å²) in [6.45, 7) is 0.387. The smallest absolute Gasteiger partial charge is 0.335 e. The minimum Gasteiger partial charge on any atom is -0.490 e. The molecule has 0 amide bonds. The van der Waals surface area contributed by atoms with Crippen LogP contribution < -0.4 is 9.47 Å². The maximum Gasteiger partial charge on any atom is 0.335 e. The Hall–Kier alpha value is -2.80. The highest BCUT2D eigenvalue weighted by molar-refractivity contribution is 6.32. The fraction of sp³-hybridized carbons (Fsp3) is 0.133. The number of benzene rings is 2. The predicted molar refractivity (Wildman–Crippen MR) is 82.5 cm³/mol. The van der Waals surface area contributed by atoms with E-state index in [4.69, 9.17) is 26.2 Å². The van der Waals surface area contributed by atoms with E-state index in [0.717, 1.165) is 0 Å². The van der Waals surface area contributed by atoms with E-state index in [1.165, 1.54) is 42.5 Å². The van der Waals surface area contributed by atoms with Crippen molar-refractivity contribution in [3.05, 3.63) is 63.2 Å². The van der Waals surface area contributed by atoms with E-state index in [1.807, 2.05) is 0 Å². The Bertz CT molecular complexity index is 716. The second-order valence-corrected chi connectivity index (χ2v) is 4.81. The Morgan fingerprint density at radius 3 is 2.35 bits per heavy atom. The van der Waals surface area contributed by atoms with Crippen molar-refractivity contribution < 1.29 is 24.3 Å². The molecular weight excluding hydrogens is 326 g/mol. The van der Waals surface area contributed by atoms with Crippen molar-refractivity contribution in [1.82, 2.24) is 0 Å². The first-order chi connectivity index (χ1) is 11.0. The van der Waals surface area contributed by atoms with Crippen LogP contribution in [0.1, 0.15) is 10.4 Å². The summed E-state index contributed by atoms with van der Waals surface area (Å²) >= 11 is 5.92. The quantitative estimate of drug-likeness (QED) is 0.472. The third kappa shape index (κ3) is 4.58. The monoisotopic (exact) mass is 337 g/mol. The number of non-ortho nitro benzene ring substituents is 1. The molecule has 2 aromatic carbocycles. The molecule has 23 heavy (non-hydrogen) atoms. The largest absolute Gasteiger partial charge is 0.490 e. The summed E-state index contributed by atoms with van der Waals surface area (Å²) in [5.41, 5.74) is 0.0587. The summed E-state index contributed by atoms with van der Waals surface area (Å²) in [5, 5.41) is 19.6. The zero-order valence-electron chi connectivity index (χ0n) is 11.8. The topological polar surface area (TPSA) is 98.9 Å². The van der Waals surface area contributed by atoms with Crippen LogP contribution in [-0.2, 0) is 0 Å². The van der Waals surface area contributed by atoms with Crippen LogP contribution in [0, 0.1) is 10.1 Å². The number of nitro benzene ring substituents is 1. The Morgan fingerprint density at radius 2 is 1.78 bits per heavy atom. The Morgan fingerprint density at radius 1 is 1.13 bits per heavy atom. The Labute approximate surface area is 136 Å². The van der Waals surface area contributed by atoms with Crippen molar-refractivity contribution in [3.8, 4) is 11.5 Å². The molecule has 0 aliphatic heterocycles. The summed E-state index contributed by atoms with van der Waals surface area (Å²) in [7, 11) is 0. The van der Waals surface area contributed by atoms with Gasteiger partial charge >= 0.3 is 5.97 Å². The van der Waals surface area contributed by atoms with E-state index < -0.39 is 10.9 Å². The average molecular weight is 338 g/mol. The van der Waals surface area contributed by atoms with Gasteiger partial charge in [0, 0.05) is 12.1 Å². The zero-order valence-corrected chi connectivity index (χ0v) is 12.5. The summed E-state index contributed by atoms with van der Waals surface area (Å²) in [6.07, 6.45) is 0. The van der Waals surface area contributed by atoms with Crippen molar-refractivity contribution in [2.45, 2.75) is 0 Å². The molecule has 0 saturated heterocycles. The fourth-order valence-corrected chi connectivity index (χ4v) is 1.96. The number of hydrogen-bond donors (Lipinski definition) is 1. The third-order valence-corrected chi connectivity index (χ3v) is 3.13. The molecule has 0 radical (unpaired) electrons. The van der Waals surface area contributed by atoms with E-state index in [9.17, 15) is 14.9 Å². The average Bonchev–Trinajstić information content (AvgIpc) is 2.53. The summed E-state index contributed by atoms with van der Waals surface area (Å²) in [6, 6.07) is 9.84. The van der Waals surface area contributed by atoms with Gasteiger partial charge in [-0.2, -0.15) is 0 Å². The lowest BCUT2D eigenvalue weighted by atomic mass is 10.2. The SMILES string of the molecule is O=C(O)c1ccc(OCCOc2ccc([N+](=O)[O-])cc2)c(Cl)c1. The molecule has 0 saturated carbocycles. The zero-order chi connectivity index (χ0) is 16.8. The van der Waals surface area contributed by atoms with E-state index in [-0.39, 0.29) is 29.5 Å². The van der Waals surface area contributed by atoms with Crippen LogP contribution in [0.4, 0.5) is 5.69 Å². The lowest BCUT2D eigenvalue weighted by Crippen LogP contribution is -2.09. The first-order valence-electron chi connectivity index (χ1n) is 6.50. The van der Waals surface area contributed by atoms with Crippen LogP contribution in [-0.4, -0.2) is 29.2 Å². The van der Waals surface area contributed by atoms with Crippen molar-refractivity contribution in [3.63, 3.8) is 0 Å². The normalized spacial score (nSPS) is 10.1. The van der Waals surface area contributed by atoms with E-state index in [2.05, 4.69) is 0 Å². The molecule has 0 fully saturated rings. The molecule has 0 unspecified atom stereocenters. The molecule has 7 nitrogen and oxygen atoms in total. The van der Waals surface area contributed by atoms with Crippen LogP contribution >= 0.6 is 11.6 Å². The van der Waals surface area contributed by atoms with Gasteiger partial charge in [-0.3, -0.25) is 10.1 Å². The third-order valence-electron chi connectivity index (χ3n) is 2.84. The number of hydrogen-bond acceptors (Lipinski definition) is 5. The molecule has 8 heteroatoms. The van der Waals surface area contributed by atoms with Gasteiger partial charge < -0.3 is 14.6 Å². The predicted octanol–water partition coefficient (Wildman–Crippen LogP) is 3.40. The summed E-state index contributed by atoms with van der Waals surface area (Å²) in [4.78, 5) is 20.8. The standard InChI is InChI=1S/C15H12ClNO6/c16-13-9-10(15(18)19)1-6-14(13)23-8-7-22-12-4-2-11(3-5-12)17(20)21/h1-6,9H,7-8H2,(H,18,19). The van der Waals surface area contributed by atoms with E-state index in [0.29, 0.717) is 11.5 Å². The molecule has 0 aliphatic carbocycles. The fourth-order valence-electron chi connectivity index (χ4n) is 1.73. The number of aromatic carboxylic acids is 1. The van der Waals surface area contributed by atoms with Gasteiger partial charge in [0.15, 0.2) is 0 Å². The molecule has 120 valence electrons. The number of nitrogens with zero attached hydrogens (tertiary/aromatic N) is 1. The van der Waals surface area contributed by atoms with Gasteiger partial charge in [0.25, 0.3) is 5.69 Å². The Kier molecular flexibility index (Phi) is 5.37. The Balaban J connectivity index is 1.83. The van der Waals surface area contributed by atoms with Crippen LogP contribution in [0.3, 0.4) is 0 Å². The summed E-state index contributed by atoms with van der Waals surface area (Å²) in [5.74, 6) is -0.240. The van der Waals surface area contributed by atoms with Crippen molar-refractivity contribution >= 4 is 23.3 Å². The maximum absolute atomic E-state index is 10.8. The van der Waals surface area contributed by atoms with Gasteiger partial charge in [0.05, 0.1) is 15.5 Å². The number of carboxylic acid groups (broad SMARTS) is 1. The van der Waals surface area contributed by atoms with Crippen molar-refractivity contribution in [1.29, 1.82) is 0 Å². The van der Waals surface area contributed by atoms with Gasteiger partial charge in [-0.15, -0.1) is 0 Å². The number of rotatable bonds is 7. The highest BCUT2D eigenvalue weighted by Crippen LogP contribution is 2.25. The van der Waals surface area contributed by atoms with E-state index in [1.54, 1.807) is 0 Å². The number of ether oxygens (including phenoxy) is 2. The highest BCUT2D eigenvalue weighted by Gasteiger charge is 2.08. The van der Waals surface area contributed by atoms with Gasteiger partial charge in [-0.25, -0.2) is 4.79 Å². The minimum absolute atomic E-state index is 0.0149. The second-order valence-electron chi connectivity index (χ2n) is 4.40. The number of nitro groups is 1. The highest BCUT2D eigenvalue weighted by atomic mass is 35.5. The number of carbonyl (C=O) groups is 1. The molecular formula is C15H12ClNO6. The molecule has 0 aromatic heterocycles. The molecule has 2 rings (SSSR count). The number of halogens is 1. The van der Waals surface area contributed by atoms with Crippen molar-refractivity contribution in [2.75, 3.05) is 13.2 Å². The molecule has 0 atom stereocenters. The molecule has 1 N–H and O–H groups in total. The molecule has 0 aliphatic rings. The first-order valence-corrected chi connectivity index (χ1v) is 6.88. The van der Waals surface area contributed by atoms with Crippen LogP contribution in [0.5, 0.6) is 11.5 Å². The first kappa shape index (κ1) is 16.6. The van der Waals surface area contributed by atoms with Crippen LogP contribution in [0.2, 0.25) is 5.02 Å². The molecule has 0 bridgehead atoms. The van der Waals surface area contributed by atoms with Crippen LogP contribution in [0.15, 0.2) is 42.5 Å². The molecule has 0 spiro atoms. The lowest BCUT2D eigenvalue weighted by molar-refractivity contribution is -0.384. The lowest BCUT2D eigenvalue weighted by Gasteiger charge is -2.10. The van der Waals surface area contributed by atoms with Gasteiger partial charge in [0.1, 0.15) is 24.7 Å². The van der Waals surface area contributed by atoms with Gasteiger partial charge in [-0.05, 0) is 30.3 Å². The second kappa shape index (κ2) is 7.46. The minimum atomic E-state index is -1.07.